The van der Waals surface area contributed by atoms with Gasteiger partial charge in [0, 0.05) is 30.9 Å². The van der Waals surface area contributed by atoms with Gasteiger partial charge >= 0.3 is 0 Å². The zero-order valence-corrected chi connectivity index (χ0v) is 17.1. The van der Waals surface area contributed by atoms with Crippen LogP contribution >= 0.6 is 0 Å². The number of nitrogens with zero attached hydrogens (tertiary/aromatic N) is 3. The Labute approximate surface area is 172 Å². The third-order valence-electron chi connectivity index (χ3n) is 6.15. The Kier molecular flexibility index (Phi) is 5.97. The molecule has 1 aromatic carbocycles. The summed E-state index contributed by atoms with van der Waals surface area (Å²) in [6.45, 7) is 3.42. The van der Waals surface area contributed by atoms with Crippen LogP contribution in [0.25, 0.3) is 0 Å². The van der Waals surface area contributed by atoms with Crippen LogP contribution in [0.1, 0.15) is 67.8 Å². The number of hydrogen-bond donors (Lipinski definition) is 1. The normalized spacial score (nSPS) is 18.0. The molecule has 1 fully saturated rings. The standard InChI is InChI=1S/C23H30N4O2/c1-2-13-26-14-12-21(25-26)24-22(28)20(15-17-8-4-3-5-9-17)27-16-18-10-6-7-11-19(18)23(27)29/h6-7,10-12,14,17,20H,2-5,8-9,13,15-16H2,1H3,(H,24,25,28)/t20-/m0/s1. The molecule has 0 bridgehead atoms. The molecule has 1 N–H and O–H groups in total. The summed E-state index contributed by atoms with van der Waals surface area (Å²) < 4.78 is 1.84. The van der Waals surface area contributed by atoms with Crippen molar-refractivity contribution >= 4 is 17.6 Å². The van der Waals surface area contributed by atoms with Gasteiger partial charge in [-0.05, 0) is 30.4 Å². The Morgan fingerprint density at radius 2 is 2.00 bits per heavy atom. The third kappa shape index (κ3) is 4.36. The molecule has 4 rings (SSSR count). The number of amides is 2. The molecule has 2 aliphatic rings. The maximum absolute atomic E-state index is 13.3. The van der Waals surface area contributed by atoms with Crippen molar-refractivity contribution in [2.75, 3.05) is 5.32 Å². The molecule has 2 heterocycles. The van der Waals surface area contributed by atoms with Crippen LogP contribution in [0.3, 0.4) is 0 Å². The summed E-state index contributed by atoms with van der Waals surface area (Å²) in [5, 5.41) is 7.41. The maximum Gasteiger partial charge on any atom is 0.255 e. The van der Waals surface area contributed by atoms with Gasteiger partial charge < -0.3 is 10.2 Å². The van der Waals surface area contributed by atoms with E-state index < -0.39 is 6.04 Å². The van der Waals surface area contributed by atoms with Crippen molar-refractivity contribution in [3.05, 3.63) is 47.7 Å². The largest absolute Gasteiger partial charge is 0.322 e. The highest BCUT2D eigenvalue weighted by atomic mass is 16.2. The van der Waals surface area contributed by atoms with E-state index in [9.17, 15) is 9.59 Å². The maximum atomic E-state index is 13.3. The highest BCUT2D eigenvalue weighted by Gasteiger charge is 2.37. The lowest BCUT2D eigenvalue weighted by Crippen LogP contribution is -2.45. The van der Waals surface area contributed by atoms with Crippen molar-refractivity contribution in [3.63, 3.8) is 0 Å². The molecule has 2 amide bonds. The van der Waals surface area contributed by atoms with Gasteiger partial charge in [0.2, 0.25) is 5.91 Å². The molecular formula is C23H30N4O2. The lowest BCUT2D eigenvalue weighted by atomic mass is 9.84. The Hall–Kier alpha value is -2.63. The molecule has 2 aromatic rings. The van der Waals surface area contributed by atoms with Crippen molar-refractivity contribution in [3.8, 4) is 0 Å². The van der Waals surface area contributed by atoms with Crippen LogP contribution in [-0.4, -0.2) is 32.5 Å². The molecule has 6 nitrogen and oxygen atoms in total. The molecule has 0 spiro atoms. The molecule has 0 unspecified atom stereocenters. The summed E-state index contributed by atoms with van der Waals surface area (Å²) in [4.78, 5) is 28.1. The van der Waals surface area contributed by atoms with E-state index in [2.05, 4.69) is 17.3 Å². The zero-order valence-electron chi connectivity index (χ0n) is 17.1. The van der Waals surface area contributed by atoms with Crippen molar-refractivity contribution in [1.29, 1.82) is 0 Å². The quantitative estimate of drug-likeness (QED) is 0.764. The molecule has 154 valence electrons. The number of nitrogens with one attached hydrogen (secondary N) is 1. The summed E-state index contributed by atoms with van der Waals surface area (Å²) in [5.74, 6) is 0.890. The molecule has 6 heteroatoms. The first-order chi connectivity index (χ1) is 14.2. The van der Waals surface area contributed by atoms with Gasteiger partial charge in [-0.25, -0.2) is 0 Å². The molecule has 1 aliphatic heterocycles. The van der Waals surface area contributed by atoms with Gasteiger partial charge in [-0.15, -0.1) is 0 Å². The third-order valence-corrected chi connectivity index (χ3v) is 6.15. The SMILES string of the molecule is CCCn1ccc(NC(=O)[C@H](CC2CCCCC2)N2Cc3ccccc3C2=O)n1. The molecule has 0 saturated heterocycles. The van der Waals surface area contributed by atoms with Crippen LogP contribution in [0, 0.1) is 5.92 Å². The van der Waals surface area contributed by atoms with Gasteiger partial charge in [0.1, 0.15) is 6.04 Å². The first-order valence-corrected chi connectivity index (χ1v) is 10.9. The summed E-state index contributed by atoms with van der Waals surface area (Å²) in [5.41, 5.74) is 1.73. The van der Waals surface area contributed by atoms with E-state index in [1.165, 1.54) is 19.3 Å². The fourth-order valence-corrected chi connectivity index (χ4v) is 4.63. The molecule has 1 aliphatic carbocycles. The van der Waals surface area contributed by atoms with Crippen molar-refractivity contribution in [2.45, 2.75) is 71.0 Å². The van der Waals surface area contributed by atoms with Gasteiger partial charge in [-0.2, -0.15) is 5.10 Å². The summed E-state index contributed by atoms with van der Waals surface area (Å²) >= 11 is 0. The first-order valence-electron chi connectivity index (χ1n) is 10.9. The predicted molar refractivity (Wildman–Crippen MR) is 112 cm³/mol. The minimum Gasteiger partial charge on any atom is -0.322 e. The Morgan fingerprint density at radius 1 is 1.21 bits per heavy atom. The fraction of sp³-hybridized carbons (Fsp3) is 0.522. The predicted octanol–water partition coefficient (Wildman–Crippen LogP) is 4.23. The first kappa shape index (κ1) is 19.7. The summed E-state index contributed by atoms with van der Waals surface area (Å²) in [6, 6.07) is 9.04. The number of carbonyl (C=O) groups is 2. The second-order valence-electron chi connectivity index (χ2n) is 8.30. The van der Waals surface area contributed by atoms with E-state index in [0.29, 0.717) is 18.3 Å². The lowest BCUT2D eigenvalue weighted by molar-refractivity contribution is -0.121. The lowest BCUT2D eigenvalue weighted by Gasteiger charge is -2.31. The number of fused-ring (bicyclic) bond motifs is 1. The number of rotatable bonds is 7. The van der Waals surface area contributed by atoms with E-state index in [0.717, 1.165) is 43.4 Å². The van der Waals surface area contributed by atoms with E-state index >= 15 is 0 Å². The Bertz CT molecular complexity index is 869. The summed E-state index contributed by atoms with van der Waals surface area (Å²) in [6.07, 6.45) is 9.58. The smallest absolute Gasteiger partial charge is 0.255 e. The van der Waals surface area contributed by atoms with Gasteiger partial charge in [-0.1, -0.05) is 57.2 Å². The van der Waals surface area contributed by atoms with E-state index in [1.54, 1.807) is 4.90 Å². The van der Waals surface area contributed by atoms with Crippen LogP contribution in [0.5, 0.6) is 0 Å². The van der Waals surface area contributed by atoms with Crippen molar-refractivity contribution in [1.82, 2.24) is 14.7 Å². The van der Waals surface area contributed by atoms with Gasteiger partial charge in [0.05, 0.1) is 0 Å². The zero-order chi connectivity index (χ0) is 20.2. The fourth-order valence-electron chi connectivity index (χ4n) is 4.63. The number of aryl methyl sites for hydroxylation is 1. The molecule has 1 atom stereocenters. The topological polar surface area (TPSA) is 67.2 Å². The van der Waals surface area contributed by atoms with E-state index in [1.807, 2.05) is 41.2 Å². The van der Waals surface area contributed by atoms with Crippen LogP contribution in [0.15, 0.2) is 36.5 Å². The van der Waals surface area contributed by atoms with Gasteiger partial charge in [0.15, 0.2) is 5.82 Å². The summed E-state index contributed by atoms with van der Waals surface area (Å²) in [7, 11) is 0. The molecule has 1 saturated carbocycles. The molecule has 1 aromatic heterocycles. The van der Waals surface area contributed by atoms with Crippen LogP contribution in [0.2, 0.25) is 0 Å². The van der Waals surface area contributed by atoms with Crippen LogP contribution < -0.4 is 5.32 Å². The average molecular weight is 395 g/mol. The molecule has 0 radical (unpaired) electrons. The second kappa shape index (κ2) is 8.80. The van der Waals surface area contributed by atoms with Gasteiger partial charge in [0.25, 0.3) is 5.91 Å². The molecule has 29 heavy (non-hydrogen) atoms. The molecular weight excluding hydrogens is 364 g/mol. The number of anilines is 1. The highest BCUT2D eigenvalue weighted by molar-refractivity contribution is 6.03. The minimum absolute atomic E-state index is 0.0342. The minimum atomic E-state index is -0.464. The monoisotopic (exact) mass is 394 g/mol. The average Bonchev–Trinajstić information content (AvgIpc) is 3.31. The Balaban J connectivity index is 1.53. The van der Waals surface area contributed by atoms with Crippen molar-refractivity contribution in [2.24, 2.45) is 5.92 Å². The van der Waals surface area contributed by atoms with E-state index in [-0.39, 0.29) is 11.8 Å². The second-order valence-corrected chi connectivity index (χ2v) is 8.30. The van der Waals surface area contributed by atoms with Crippen LogP contribution in [-0.2, 0) is 17.9 Å². The number of carbonyl (C=O) groups excluding carboxylic acids is 2. The van der Waals surface area contributed by atoms with Gasteiger partial charge in [-0.3, -0.25) is 14.3 Å². The van der Waals surface area contributed by atoms with E-state index in [4.69, 9.17) is 0 Å². The number of hydrogen-bond acceptors (Lipinski definition) is 3. The van der Waals surface area contributed by atoms with Crippen molar-refractivity contribution < 1.29 is 9.59 Å². The highest BCUT2D eigenvalue weighted by Crippen LogP contribution is 2.32. The number of benzene rings is 1. The number of aromatic nitrogens is 2. The van der Waals surface area contributed by atoms with Crippen LogP contribution in [0.4, 0.5) is 5.82 Å². The Morgan fingerprint density at radius 3 is 2.76 bits per heavy atom.